The lowest BCUT2D eigenvalue weighted by molar-refractivity contribution is 0.429. The lowest BCUT2D eigenvalue weighted by atomic mass is 10.4. The van der Waals surface area contributed by atoms with E-state index < -0.39 is 0 Å². The Bertz CT molecular complexity index is 141. The monoisotopic (exact) mass is 158 g/mol. The number of thiol groups is 1. The van der Waals surface area contributed by atoms with Crippen LogP contribution in [0.25, 0.3) is 0 Å². The summed E-state index contributed by atoms with van der Waals surface area (Å²) in [4.78, 5) is 5.90. The molecule has 0 aromatic carbocycles. The predicted octanol–water partition coefficient (Wildman–Crippen LogP) is 1.76. The lowest BCUT2D eigenvalue weighted by Crippen LogP contribution is -2.24. The van der Waals surface area contributed by atoms with Gasteiger partial charge in [0.2, 0.25) is 0 Å². The Labute approximate surface area is 68.0 Å². The minimum absolute atomic E-state index is 0.469. The molecule has 0 aliphatic rings. The molecule has 0 atom stereocenters. The Morgan fingerprint density at radius 2 is 2.20 bits per heavy atom. The van der Waals surface area contributed by atoms with Gasteiger partial charge in [0.05, 0.1) is 11.4 Å². The van der Waals surface area contributed by atoms with Gasteiger partial charge in [0.15, 0.2) is 0 Å². The Hall–Kier alpha value is -0.440. The third kappa shape index (κ3) is 4.44. The molecule has 0 aromatic rings. The van der Waals surface area contributed by atoms with Gasteiger partial charge in [-0.05, 0) is 13.8 Å². The Morgan fingerprint density at radius 1 is 1.70 bits per heavy atom. The molecule has 0 heterocycles. The molecule has 0 aromatic heterocycles. The average Bonchev–Trinajstić information content (AvgIpc) is 1.82. The lowest BCUT2D eigenvalue weighted by Gasteiger charge is -2.16. The number of nitrogens with zero attached hydrogens (tertiary/aromatic N) is 2. The maximum absolute atomic E-state index is 3.92. The molecule has 0 unspecified atom stereocenters. The van der Waals surface area contributed by atoms with E-state index in [-0.39, 0.29) is 0 Å². The van der Waals surface area contributed by atoms with Crippen molar-refractivity contribution in [3.63, 3.8) is 0 Å². The molecule has 0 rings (SSSR count). The normalized spacial score (nSPS) is 10.9. The van der Waals surface area contributed by atoms with Crippen LogP contribution in [0.4, 0.5) is 0 Å². The molecule has 0 radical (unpaired) electrons. The number of hydrogen-bond donors (Lipinski definition) is 1. The summed E-state index contributed by atoms with van der Waals surface area (Å²) in [6.07, 6.45) is 1.72. The third-order valence-corrected chi connectivity index (χ3v) is 1.32. The van der Waals surface area contributed by atoms with Crippen molar-refractivity contribution in [1.29, 1.82) is 0 Å². The van der Waals surface area contributed by atoms with Crippen molar-refractivity contribution in [3.05, 3.63) is 11.6 Å². The van der Waals surface area contributed by atoms with Crippen LogP contribution in [0.15, 0.2) is 16.6 Å². The molecule has 58 valence electrons. The highest BCUT2D eigenvalue weighted by atomic mass is 32.1. The van der Waals surface area contributed by atoms with Crippen LogP contribution < -0.4 is 0 Å². The molecule has 10 heavy (non-hydrogen) atoms. The van der Waals surface area contributed by atoms with Gasteiger partial charge in [-0.3, -0.25) is 0 Å². The van der Waals surface area contributed by atoms with E-state index in [1.165, 1.54) is 0 Å². The molecule has 2 nitrogen and oxygen atoms in total. The number of rotatable bonds is 3. The molecule has 0 spiro atoms. The fraction of sp³-hybridized carbons (Fsp3) is 0.571. The second-order valence-corrected chi connectivity index (χ2v) is 2.94. The standard InChI is InChI=1S/C7H14N2S/c1-6(2)9(4)5-8-7(3)10/h5-6,10H,3H2,1-2,4H3. The summed E-state index contributed by atoms with van der Waals surface area (Å²) in [5.74, 6) is 0. The average molecular weight is 158 g/mol. The Kier molecular flexibility index (Phi) is 4.19. The molecule has 3 heteroatoms. The van der Waals surface area contributed by atoms with Crippen LogP contribution in [0, 0.1) is 0 Å². The maximum atomic E-state index is 3.92. The van der Waals surface area contributed by atoms with E-state index in [9.17, 15) is 0 Å². The molecule has 0 saturated carbocycles. The minimum Gasteiger partial charge on any atom is -0.363 e. The van der Waals surface area contributed by atoms with E-state index in [1.54, 1.807) is 6.34 Å². The molecule has 0 fully saturated rings. The zero-order valence-electron chi connectivity index (χ0n) is 6.70. The first kappa shape index (κ1) is 9.56. The van der Waals surface area contributed by atoms with Gasteiger partial charge >= 0.3 is 0 Å². The van der Waals surface area contributed by atoms with Crippen molar-refractivity contribution in [1.82, 2.24) is 4.90 Å². The van der Waals surface area contributed by atoms with Crippen molar-refractivity contribution in [2.75, 3.05) is 7.05 Å². The molecule has 0 aliphatic carbocycles. The summed E-state index contributed by atoms with van der Waals surface area (Å²) in [6.45, 7) is 7.71. The van der Waals surface area contributed by atoms with Gasteiger partial charge in [-0.25, -0.2) is 4.99 Å². The number of aliphatic imine (C=N–C) groups is 1. The highest BCUT2D eigenvalue weighted by Gasteiger charge is 1.94. The molecule has 0 N–H and O–H groups in total. The topological polar surface area (TPSA) is 15.6 Å². The molecule has 0 bridgehead atoms. The summed E-state index contributed by atoms with van der Waals surface area (Å²) in [5.41, 5.74) is 0. The summed E-state index contributed by atoms with van der Waals surface area (Å²) >= 11 is 3.92. The molecule has 0 saturated heterocycles. The summed E-state index contributed by atoms with van der Waals surface area (Å²) in [5, 5.41) is 0.535. The van der Waals surface area contributed by atoms with E-state index >= 15 is 0 Å². The third-order valence-electron chi connectivity index (χ3n) is 1.20. The van der Waals surface area contributed by atoms with Crippen LogP contribution in [-0.2, 0) is 0 Å². The van der Waals surface area contributed by atoms with E-state index in [4.69, 9.17) is 0 Å². The first-order valence-electron chi connectivity index (χ1n) is 3.18. The first-order valence-corrected chi connectivity index (χ1v) is 3.62. The van der Waals surface area contributed by atoms with Crippen LogP contribution in [0.3, 0.4) is 0 Å². The number of hydrogen-bond acceptors (Lipinski definition) is 2. The van der Waals surface area contributed by atoms with Gasteiger partial charge in [-0.2, -0.15) is 0 Å². The highest BCUT2D eigenvalue weighted by Crippen LogP contribution is 1.96. The zero-order chi connectivity index (χ0) is 8.15. The van der Waals surface area contributed by atoms with Crippen molar-refractivity contribution in [2.24, 2.45) is 4.99 Å². The SMILES string of the molecule is C=C(S)N=CN(C)C(C)C. The van der Waals surface area contributed by atoms with Crippen molar-refractivity contribution in [3.8, 4) is 0 Å². The fourth-order valence-corrected chi connectivity index (χ4v) is 0.343. The smallest absolute Gasteiger partial charge is 0.0918 e. The Balaban J connectivity index is 3.77. The maximum Gasteiger partial charge on any atom is 0.0918 e. The van der Waals surface area contributed by atoms with E-state index in [2.05, 4.69) is 38.0 Å². The van der Waals surface area contributed by atoms with Gasteiger partial charge in [-0.15, -0.1) is 12.6 Å². The minimum atomic E-state index is 0.469. The van der Waals surface area contributed by atoms with E-state index in [0.717, 1.165) is 0 Å². The summed E-state index contributed by atoms with van der Waals surface area (Å²) < 4.78 is 0. The fourth-order valence-electron chi connectivity index (χ4n) is 0.291. The molecular formula is C7H14N2S. The molecule has 0 aliphatic heterocycles. The quantitative estimate of drug-likeness (QED) is 0.376. The largest absolute Gasteiger partial charge is 0.363 e. The zero-order valence-corrected chi connectivity index (χ0v) is 7.60. The van der Waals surface area contributed by atoms with E-state index in [1.807, 2.05) is 11.9 Å². The van der Waals surface area contributed by atoms with E-state index in [0.29, 0.717) is 11.1 Å². The van der Waals surface area contributed by atoms with Crippen molar-refractivity contribution >= 4 is 19.0 Å². The van der Waals surface area contributed by atoms with Gasteiger partial charge in [0, 0.05) is 13.1 Å². The van der Waals surface area contributed by atoms with Gasteiger partial charge in [0.1, 0.15) is 0 Å². The first-order chi connectivity index (χ1) is 4.54. The second-order valence-electron chi connectivity index (χ2n) is 2.42. The summed E-state index contributed by atoms with van der Waals surface area (Å²) in [7, 11) is 1.96. The van der Waals surface area contributed by atoms with Crippen LogP contribution in [0.2, 0.25) is 0 Å². The van der Waals surface area contributed by atoms with Crippen LogP contribution in [0.1, 0.15) is 13.8 Å². The Morgan fingerprint density at radius 3 is 2.50 bits per heavy atom. The van der Waals surface area contributed by atoms with Gasteiger partial charge < -0.3 is 4.90 Å². The van der Waals surface area contributed by atoms with Crippen molar-refractivity contribution < 1.29 is 0 Å². The molecule has 0 amide bonds. The van der Waals surface area contributed by atoms with Crippen LogP contribution in [0.5, 0.6) is 0 Å². The predicted molar refractivity (Wildman–Crippen MR) is 49.5 cm³/mol. The second kappa shape index (κ2) is 4.39. The highest BCUT2D eigenvalue weighted by molar-refractivity contribution is 7.84. The molecular weight excluding hydrogens is 144 g/mol. The van der Waals surface area contributed by atoms with Crippen LogP contribution >= 0.6 is 12.6 Å². The van der Waals surface area contributed by atoms with Crippen molar-refractivity contribution in [2.45, 2.75) is 19.9 Å². The van der Waals surface area contributed by atoms with Crippen LogP contribution in [-0.4, -0.2) is 24.3 Å². The van der Waals surface area contributed by atoms with Gasteiger partial charge in [-0.1, -0.05) is 6.58 Å². The summed E-state index contributed by atoms with van der Waals surface area (Å²) in [6, 6.07) is 0.469. The van der Waals surface area contributed by atoms with Gasteiger partial charge in [0.25, 0.3) is 0 Å².